The van der Waals surface area contributed by atoms with Crippen LogP contribution in [0.25, 0.3) is 0 Å². The lowest BCUT2D eigenvalue weighted by Gasteiger charge is -2.35. The van der Waals surface area contributed by atoms with E-state index in [-0.39, 0.29) is 17.8 Å². The first-order valence-electron chi connectivity index (χ1n) is 10.4. The third kappa shape index (κ3) is 5.70. The molecule has 0 spiro atoms. The molecule has 0 aromatic heterocycles. The number of hydrogen-bond acceptors (Lipinski definition) is 5. The summed E-state index contributed by atoms with van der Waals surface area (Å²) in [5.41, 5.74) is 1.46. The predicted octanol–water partition coefficient (Wildman–Crippen LogP) is 3.43. The number of nitrogens with one attached hydrogen (secondary N) is 1. The van der Waals surface area contributed by atoms with Gasteiger partial charge in [-0.05, 0) is 49.7 Å². The van der Waals surface area contributed by atoms with Gasteiger partial charge in [0, 0.05) is 25.2 Å². The third-order valence-electron chi connectivity index (χ3n) is 5.00. The minimum absolute atomic E-state index is 0.0625. The van der Waals surface area contributed by atoms with Crippen LogP contribution in [-0.4, -0.2) is 56.9 Å². The maximum absolute atomic E-state index is 13.4. The summed E-state index contributed by atoms with van der Waals surface area (Å²) >= 11 is 0. The molecule has 1 fully saturated rings. The van der Waals surface area contributed by atoms with Crippen molar-refractivity contribution in [3.63, 3.8) is 0 Å². The van der Waals surface area contributed by atoms with Crippen LogP contribution < -0.4 is 14.8 Å². The Morgan fingerprint density at radius 1 is 1.07 bits per heavy atom. The Morgan fingerprint density at radius 3 is 2.40 bits per heavy atom. The summed E-state index contributed by atoms with van der Waals surface area (Å²) in [5, 5.41) is 3.02. The number of carbonyl (C=O) groups is 1. The maximum Gasteiger partial charge on any atom is 0.251 e. The second kappa shape index (κ2) is 10.9. The molecule has 0 unspecified atom stereocenters. The van der Waals surface area contributed by atoms with Crippen LogP contribution in [0.2, 0.25) is 0 Å². The zero-order valence-corrected chi connectivity index (χ0v) is 17.5. The van der Waals surface area contributed by atoms with Gasteiger partial charge < -0.3 is 19.5 Å². The Bertz CT molecular complexity index is 822. The van der Waals surface area contributed by atoms with Crippen LogP contribution >= 0.6 is 0 Å². The van der Waals surface area contributed by atoms with E-state index >= 15 is 0 Å². The molecule has 0 aliphatic carbocycles. The number of hydrogen-bond donors (Lipinski definition) is 1. The molecule has 30 heavy (non-hydrogen) atoms. The number of rotatable bonds is 9. The highest BCUT2D eigenvalue weighted by atomic mass is 19.1. The zero-order chi connectivity index (χ0) is 21.3. The van der Waals surface area contributed by atoms with Gasteiger partial charge in [-0.25, -0.2) is 4.39 Å². The van der Waals surface area contributed by atoms with Crippen LogP contribution in [0.15, 0.2) is 42.5 Å². The Kier molecular flexibility index (Phi) is 8.04. The molecule has 1 heterocycles. The molecular weight excluding hydrogens is 387 g/mol. The van der Waals surface area contributed by atoms with Crippen molar-refractivity contribution >= 4 is 5.91 Å². The summed E-state index contributed by atoms with van der Waals surface area (Å²) in [5.74, 6) is 0.699. The first-order chi connectivity index (χ1) is 14.6. The van der Waals surface area contributed by atoms with E-state index in [1.165, 1.54) is 12.1 Å². The van der Waals surface area contributed by atoms with Crippen molar-refractivity contribution in [3.8, 4) is 11.5 Å². The van der Waals surface area contributed by atoms with Gasteiger partial charge in [0.05, 0.1) is 32.5 Å². The molecule has 0 bridgehead atoms. The monoisotopic (exact) mass is 416 g/mol. The predicted molar refractivity (Wildman–Crippen MR) is 113 cm³/mol. The summed E-state index contributed by atoms with van der Waals surface area (Å²) in [7, 11) is 0. The molecule has 0 saturated carbocycles. The third-order valence-corrected chi connectivity index (χ3v) is 5.00. The van der Waals surface area contributed by atoms with E-state index < -0.39 is 0 Å². The lowest BCUT2D eigenvalue weighted by molar-refractivity contribution is 0.0162. The number of nitrogens with zero attached hydrogens (tertiary/aromatic N) is 1. The highest BCUT2D eigenvalue weighted by Crippen LogP contribution is 2.29. The number of amides is 1. The van der Waals surface area contributed by atoms with E-state index in [1.807, 2.05) is 13.8 Å². The molecule has 1 aliphatic heterocycles. The lowest BCUT2D eigenvalue weighted by Crippen LogP contribution is -2.43. The molecular formula is C23H29FN2O4. The Hall–Kier alpha value is -2.64. The van der Waals surface area contributed by atoms with E-state index in [2.05, 4.69) is 10.2 Å². The fourth-order valence-corrected chi connectivity index (χ4v) is 3.52. The van der Waals surface area contributed by atoms with Gasteiger partial charge in [0.2, 0.25) is 0 Å². The number of ether oxygens (including phenoxy) is 3. The molecule has 1 aliphatic rings. The number of benzene rings is 2. The number of halogens is 1. The molecule has 162 valence electrons. The number of morpholine rings is 1. The molecule has 2 aromatic carbocycles. The fraction of sp³-hybridized carbons (Fsp3) is 0.435. The topological polar surface area (TPSA) is 60.0 Å². The first kappa shape index (κ1) is 22.1. The van der Waals surface area contributed by atoms with Crippen molar-refractivity contribution in [1.29, 1.82) is 0 Å². The summed E-state index contributed by atoms with van der Waals surface area (Å²) in [4.78, 5) is 15.1. The average molecular weight is 416 g/mol. The van der Waals surface area contributed by atoms with Gasteiger partial charge in [0.25, 0.3) is 5.91 Å². The summed E-state index contributed by atoms with van der Waals surface area (Å²) < 4.78 is 30.0. The molecule has 7 heteroatoms. The van der Waals surface area contributed by atoms with Crippen molar-refractivity contribution < 1.29 is 23.4 Å². The van der Waals surface area contributed by atoms with Crippen LogP contribution in [0.5, 0.6) is 11.5 Å². The van der Waals surface area contributed by atoms with Crippen molar-refractivity contribution in [2.75, 3.05) is 46.1 Å². The van der Waals surface area contributed by atoms with E-state index in [9.17, 15) is 9.18 Å². The minimum Gasteiger partial charge on any atom is -0.490 e. The van der Waals surface area contributed by atoms with Crippen molar-refractivity contribution in [2.45, 2.75) is 19.9 Å². The lowest BCUT2D eigenvalue weighted by atomic mass is 10.0. The van der Waals surface area contributed by atoms with Gasteiger partial charge in [0.1, 0.15) is 5.82 Å². The van der Waals surface area contributed by atoms with E-state index in [0.29, 0.717) is 50.0 Å². The van der Waals surface area contributed by atoms with Gasteiger partial charge in [-0.15, -0.1) is 0 Å². The van der Waals surface area contributed by atoms with Crippen molar-refractivity contribution in [1.82, 2.24) is 10.2 Å². The average Bonchev–Trinajstić information content (AvgIpc) is 2.77. The second-order valence-corrected chi connectivity index (χ2v) is 6.95. The zero-order valence-electron chi connectivity index (χ0n) is 17.5. The van der Waals surface area contributed by atoms with Gasteiger partial charge in [-0.2, -0.15) is 0 Å². The largest absolute Gasteiger partial charge is 0.490 e. The second-order valence-electron chi connectivity index (χ2n) is 6.95. The SMILES string of the molecule is CCOc1ccc(C(=O)NC[C@@H](c2ccc(F)cc2)N2CCOCC2)cc1OCC. The van der Waals surface area contributed by atoms with Crippen LogP contribution in [0, 0.1) is 5.82 Å². The van der Waals surface area contributed by atoms with E-state index in [0.717, 1.165) is 18.7 Å². The van der Waals surface area contributed by atoms with Crippen LogP contribution in [0.1, 0.15) is 35.8 Å². The smallest absolute Gasteiger partial charge is 0.251 e. The van der Waals surface area contributed by atoms with Crippen molar-refractivity contribution in [3.05, 3.63) is 59.4 Å². The highest BCUT2D eigenvalue weighted by Gasteiger charge is 2.23. The Labute approximate surface area is 176 Å². The quantitative estimate of drug-likeness (QED) is 0.679. The summed E-state index contributed by atoms with van der Waals surface area (Å²) in [6.45, 7) is 7.99. The van der Waals surface area contributed by atoms with Crippen LogP contribution in [-0.2, 0) is 4.74 Å². The highest BCUT2D eigenvalue weighted by molar-refractivity contribution is 5.94. The molecule has 2 aromatic rings. The van der Waals surface area contributed by atoms with Gasteiger partial charge in [0.15, 0.2) is 11.5 Å². The van der Waals surface area contributed by atoms with Gasteiger partial charge in [-0.1, -0.05) is 12.1 Å². The fourth-order valence-electron chi connectivity index (χ4n) is 3.52. The molecule has 1 N–H and O–H groups in total. The van der Waals surface area contributed by atoms with Crippen LogP contribution in [0.4, 0.5) is 4.39 Å². The first-order valence-corrected chi connectivity index (χ1v) is 10.4. The van der Waals surface area contributed by atoms with Gasteiger partial charge >= 0.3 is 0 Å². The molecule has 6 nitrogen and oxygen atoms in total. The Morgan fingerprint density at radius 2 is 1.73 bits per heavy atom. The molecule has 0 radical (unpaired) electrons. The molecule has 3 rings (SSSR count). The van der Waals surface area contributed by atoms with Crippen molar-refractivity contribution in [2.24, 2.45) is 0 Å². The summed E-state index contributed by atoms with van der Waals surface area (Å²) in [6.07, 6.45) is 0. The molecule has 1 amide bonds. The van der Waals surface area contributed by atoms with E-state index in [4.69, 9.17) is 14.2 Å². The molecule has 1 atom stereocenters. The molecule has 1 saturated heterocycles. The van der Waals surface area contributed by atoms with Gasteiger partial charge in [-0.3, -0.25) is 9.69 Å². The Balaban J connectivity index is 1.73. The standard InChI is InChI=1S/C23H29FN2O4/c1-3-29-21-10-7-18(15-22(21)30-4-2)23(27)25-16-20(26-11-13-28-14-12-26)17-5-8-19(24)9-6-17/h5-10,15,20H,3-4,11-14,16H2,1-2H3,(H,25,27)/t20-/m0/s1. The minimum atomic E-state index is -0.277. The maximum atomic E-state index is 13.4. The summed E-state index contributed by atoms with van der Waals surface area (Å²) in [6, 6.07) is 11.6. The van der Waals surface area contributed by atoms with E-state index in [1.54, 1.807) is 30.3 Å². The normalized spacial score (nSPS) is 15.4. The van der Waals surface area contributed by atoms with Crippen LogP contribution in [0.3, 0.4) is 0 Å². The number of carbonyl (C=O) groups excluding carboxylic acids is 1.